The number of hydrogen-bond donors (Lipinski definition) is 0. The summed E-state index contributed by atoms with van der Waals surface area (Å²) in [6.45, 7) is 7.80. The van der Waals surface area contributed by atoms with Crippen LogP contribution >= 0.6 is 22.9 Å². The number of benzene rings is 1. The summed E-state index contributed by atoms with van der Waals surface area (Å²) in [6.07, 6.45) is 0. The zero-order valence-electron chi connectivity index (χ0n) is 11.8. The molecule has 0 amide bonds. The van der Waals surface area contributed by atoms with Crippen molar-refractivity contribution in [2.24, 2.45) is 0 Å². The quantitative estimate of drug-likeness (QED) is 0.741. The number of halogens is 2. The summed E-state index contributed by atoms with van der Waals surface area (Å²) in [5.41, 5.74) is -0.534. The minimum absolute atomic E-state index is 0.307. The lowest BCUT2D eigenvalue weighted by Gasteiger charge is -2.32. The lowest BCUT2D eigenvalue weighted by molar-refractivity contribution is 0.00578. The van der Waals surface area contributed by atoms with E-state index in [1.54, 1.807) is 12.1 Å². The molecule has 1 saturated heterocycles. The SMILES string of the molecule is CC1(C)OB(c2ccc3cc(Cl)sc3c2F)OC1(C)C. The number of rotatable bonds is 1. The second kappa shape index (κ2) is 4.44. The van der Waals surface area contributed by atoms with Crippen LogP contribution in [0.2, 0.25) is 4.34 Å². The van der Waals surface area contributed by atoms with Crippen molar-refractivity contribution in [2.45, 2.75) is 38.9 Å². The van der Waals surface area contributed by atoms with E-state index < -0.39 is 18.3 Å². The smallest absolute Gasteiger partial charge is 0.399 e. The van der Waals surface area contributed by atoms with Crippen molar-refractivity contribution in [3.63, 3.8) is 0 Å². The summed E-state index contributed by atoms with van der Waals surface area (Å²) in [4.78, 5) is 0. The molecule has 2 heterocycles. The first-order chi connectivity index (χ1) is 9.21. The second-order valence-electron chi connectivity index (χ2n) is 6.03. The van der Waals surface area contributed by atoms with Gasteiger partial charge in [0.05, 0.1) is 20.2 Å². The third kappa shape index (κ3) is 2.08. The Morgan fingerprint density at radius 1 is 1.15 bits per heavy atom. The summed E-state index contributed by atoms with van der Waals surface area (Å²) in [7, 11) is -0.690. The molecule has 0 radical (unpaired) electrons. The van der Waals surface area contributed by atoms with Gasteiger partial charge in [-0.2, -0.15) is 0 Å². The Bertz CT molecular complexity index is 667. The molecule has 3 rings (SSSR count). The first-order valence-corrected chi connectivity index (χ1v) is 7.64. The third-order valence-corrected chi connectivity index (χ3v) is 5.41. The Morgan fingerprint density at radius 3 is 2.35 bits per heavy atom. The van der Waals surface area contributed by atoms with Gasteiger partial charge in [-0.05, 0) is 39.1 Å². The van der Waals surface area contributed by atoms with Gasteiger partial charge in [0.2, 0.25) is 0 Å². The highest BCUT2D eigenvalue weighted by atomic mass is 35.5. The molecule has 0 saturated carbocycles. The van der Waals surface area contributed by atoms with E-state index in [1.807, 2.05) is 33.8 Å². The molecule has 106 valence electrons. The van der Waals surface area contributed by atoms with E-state index in [0.29, 0.717) is 14.5 Å². The van der Waals surface area contributed by atoms with Crippen LogP contribution in [0.5, 0.6) is 0 Å². The van der Waals surface area contributed by atoms with Crippen LogP contribution in [0.3, 0.4) is 0 Å². The Hall–Kier alpha value is -0.615. The topological polar surface area (TPSA) is 18.5 Å². The molecule has 0 unspecified atom stereocenters. The van der Waals surface area contributed by atoms with Crippen LogP contribution in [0, 0.1) is 5.82 Å². The van der Waals surface area contributed by atoms with Gasteiger partial charge < -0.3 is 9.31 Å². The molecule has 20 heavy (non-hydrogen) atoms. The van der Waals surface area contributed by atoms with Gasteiger partial charge in [0.25, 0.3) is 0 Å². The predicted octanol–water partition coefficient (Wildman–Crippen LogP) is 3.99. The van der Waals surface area contributed by atoms with Crippen LogP contribution in [0.15, 0.2) is 18.2 Å². The van der Waals surface area contributed by atoms with Crippen molar-refractivity contribution < 1.29 is 13.7 Å². The van der Waals surface area contributed by atoms with Crippen molar-refractivity contribution in [3.05, 3.63) is 28.4 Å². The highest BCUT2D eigenvalue weighted by Gasteiger charge is 2.52. The maximum Gasteiger partial charge on any atom is 0.497 e. The average Bonchev–Trinajstić information content (AvgIpc) is 2.78. The molecule has 0 spiro atoms. The van der Waals surface area contributed by atoms with Gasteiger partial charge in [-0.3, -0.25) is 0 Å². The molecule has 0 aliphatic carbocycles. The van der Waals surface area contributed by atoms with E-state index in [0.717, 1.165) is 5.39 Å². The molecule has 1 aliphatic rings. The monoisotopic (exact) mass is 312 g/mol. The lowest BCUT2D eigenvalue weighted by atomic mass is 9.78. The molecule has 0 N–H and O–H groups in total. The molecular weight excluding hydrogens is 297 g/mol. The summed E-state index contributed by atoms with van der Waals surface area (Å²) < 4.78 is 27.5. The van der Waals surface area contributed by atoms with Crippen LogP contribution in [0.4, 0.5) is 4.39 Å². The highest BCUT2D eigenvalue weighted by Crippen LogP contribution is 2.37. The minimum atomic E-state index is -0.690. The van der Waals surface area contributed by atoms with Crippen molar-refractivity contribution in [1.29, 1.82) is 0 Å². The standard InChI is InChI=1S/C14H15BClFO2S/c1-13(2)14(3,4)19-15(18-13)9-6-5-8-7-10(16)20-12(8)11(9)17/h5-7H,1-4H3. The van der Waals surface area contributed by atoms with Gasteiger partial charge in [-0.15, -0.1) is 11.3 Å². The fourth-order valence-corrected chi connectivity index (χ4v) is 3.39. The van der Waals surface area contributed by atoms with E-state index >= 15 is 0 Å². The maximum absolute atomic E-state index is 14.6. The fourth-order valence-electron chi connectivity index (χ4n) is 2.20. The van der Waals surface area contributed by atoms with Crippen LogP contribution in [-0.4, -0.2) is 18.3 Å². The van der Waals surface area contributed by atoms with Gasteiger partial charge in [0, 0.05) is 5.46 Å². The largest absolute Gasteiger partial charge is 0.497 e. The van der Waals surface area contributed by atoms with Gasteiger partial charge in [-0.25, -0.2) is 4.39 Å². The fraction of sp³-hybridized carbons (Fsp3) is 0.429. The van der Waals surface area contributed by atoms with Crippen molar-refractivity contribution in [3.8, 4) is 0 Å². The minimum Gasteiger partial charge on any atom is -0.399 e. The van der Waals surface area contributed by atoms with Crippen LogP contribution < -0.4 is 5.46 Å². The molecule has 0 bridgehead atoms. The molecule has 1 aromatic carbocycles. The Labute approximate surface area is 127 Å². The molecule has 1 fully saturated rings. The maximum atomic E-state index is 14.6. The zero-order valence-corrected chi connectivity index (χ0v) is 13.4. The predicted molar refractivity (Wildman–Crippen MR) is 82.5 cm³/mol. The number of fused-ring (bicyclic) bond motifs is 1. The molecule has 2 nitrogen and oxygen atoms in total. The first kappa shape index (κ1) is 14.3. The second-order valence-corrected chi connectivity index (χ2v) is 7.71. The zero-order chi connectivity index (χ0) is 14.7. The molecule has 1 aliphatic heterocycles. The van der Waals surface area contributed by atoms with E-state index in [2.05, 4.69) is 0 Å². The molecule has 6 heteroatoms. The van der Waals surface area contributed by atoms with E-state index in [1.165, 1.54) is 11.3 Å². The lowest BCUT2D eigenvalue weighted by Crippen LogP contribution is -2.41. The van der Waals surface area contributed by atoms with Crippen LogP contribution in [0.1, 0.15) is 27.7 Å². The summed E-state index contributed by atoms with van der Waals surface area (Å²) >= 11 is 7.18. The summed E-state index contributed by atoms with van der Waals surface area (Å²) in [6, 6.07) is 5.32. The normalized spacial score (nSPS) is 20.8. The van der Waals surface area contributed by atoms with Gasteiger partial charge >= 0.3 is 7.12 Å². The first-order valence-electron chi connectivity index (χ1n) is 6.44. The third-order valence-electron chi connectivity index (χ3n) is 4.13. The van der Waals surface area contributed by atoms with Crippen molar-refractivity contribution in [1.82, 2.24) is 0 Å². The van der Waals surface area contributed by atoms with E-state index in [-0.39, 0.29) is 5.82 Å². The van der Waals surface area contributed by atoms with Crippen LogP contribution in [0.25, 0.3) is 10.1 Å². The Kier molecular flexibility index (Phi) is 3.18. The van der Waals surface area contributed by atoms with Crippen molar-refractivity contribution >= 4 is 45.6 Å². The summed E-state index contributed by atoms with van der Waals surface area (Å²) in [5.74, 6) is -0.307. The van der Waals surface area contributed by atoms with Gasteiger partial charge in [0.1, 0.15) is 5.82 Å². The molecule has 2 aromatic rings. The molecular formula is C14H15BClFO2S. The van der Waals surface area contributed by atoms with Gasteiger partial charge in [0.15, 0.2) is 0 Å². The average molecular weight is 313 g/mol. The Balaban J connectivity index is 2.06. The number of hydrogen-bond acceptors (Lipinski definition) is 3. The number of thiophene rings is 1. The van der Waals surface area contributed by atoms with Gasteiger partial charge in [-0.1, -0.05) is 23.7 Å². The molecule has 0 atom stereocenters. The van der Waals surface area contributed by atoms with E-state index in [4.69, 9.17) is 20.9 Å². The Morgan fingerprint density at radius 2 is 1.75 bits per heavy atom. The highest BCUT2D eigenvalue weighted by molar-refractivity contribution is 7.22. The summed E-state index contributed by atoms with van der Waals surface area (Å²) in [5, 5.41) is 0.803. The van der Waals surface area contributed by atoms with Crippen molar-refractivity contribution in [2.75, 3.05) is 0 Å². The van der Waals surface area contributed by atoms with Crippen LogP contribution in [-0.2, 0) is 9.31 Å². The molecule has 1 aromatic heterocycles. The van der Waals surface area contributed by atoms with E-state index in [9.17, 15) is 4.39 Å².